The predicted octanol–water partition coefficient (Wildman–Crippen LogP) is 7.80. The second-order valence-corrected chi connectivity index (χ2v) is 13.3. The Morgan fingerprint density at radius 1 is 0.643 bits per heavy atom. The molecule has 2 N–H and O–H groups in total. The molecule has 296 valence electrons. The molecule has 0 saturated carbocycles. The van der Waals surface area contributed by atoms with Crippen LogP contribution in [0, 0.1) is 13.8 Å². The van der Waals surface area contributed by atoms with Crippen molar-refractivity contribution in [2.45, 2.75) is 71.4 Å². The third-order valence-corrected chi connectivity index (χ3v) is 8.83. The monoisotopic (exact) mass is 788 g/mol. The van der Waals surface area contributed by atoms with Crippen LogP contribution in [0.1, 0.15) is 46.5 Å². The number of esters is 2. The molecule has 1 aliphatic heterocycles. The summed E-state index contributed by atoms with van der Waals surface area (Å²) < 4.78 is 41.4. The molecule has 0 unspecified atom stereocenters. The SMILES string of the molecule is CCOC(=O)c1ccc(NC(=O)O[C@@H]2[C@@H](OCc3ccc(C)cc3)[C@H](OCC)O[C@H](COC(=O)Nc3ccc(Cl)cc3)[C@H]2OC(=O)Cc2ccc(C)cc2)cc1. The van der Waals surface area contributed by atoms with Gasteiger partial charge >= 0.3 is 24.1 Å². The van der Waals surface area contributed by atoms with Gasteiger partial charge in [-0.3, -0.25) is 15.4 Å². The van der Waals surface area contributed by atoms with Gasteiger partial charge in [-0.2, -0.15) is 0 Å². The fraction of sp³-hybridized carbons (Fsp3) is 0.333. The molecular weight excluding hydrogens is 744 g/mol. The number of aryl methyl sites for hydroxylation is 2. The summed E-state index contributed by atoms with van der Waals surface area (Å²) in [7, 11) is 0. The highest BCUT2D eigenvalue weighted by atomic mass is 35.5. The molecule has 0 aliphatic carbocycles. The number of carbonyl (C=O) groups excluding carboxylic acids is 4. The topological polar surface area (TPSA) is 157 Å². The number of benzene rings is 4. The number of anilines is 2. The highest BCUT2D eigenvalue weighted by molar-refractivity contribution is 6.30. The summed E-state index contributed by atoms with van der Waals surface area (Å²) in [5, 5.41) is 5.75. The van der Waals surface area contributed by atoms with Crippen molar-refractivity contribution in [3.63, 3.8) is 0 Å². The smallest absolute Gasteiger partial charge is 0.412 e. The van der Waals surface area contributed by atoms with Crippen molar-refractivity contribution in [1.82, 2.24) is 0 Å². The van der Waals surface area contributed by atoms with E-state index in [1.54, 1.807) is 38.1 Å². The summed E-state index contributed by atoms with van der Waals surface area (Å²) in [4.78, 5) is 52.4. The second-order valence-electron chi connectivity index (χ2n) is 12.9. The first-order valence-corrected chi connectivity index (χ1v) is 18.5. The molecule has 2 amide bonds. The van der Waals surface area contributed by atoms with E-state index in [1.807, 2.05) is 62.4 Å². The number of nitrogens with one attached hydrogen (secondary N) is 2. The molecule has 1 saturated heterocycles. The van der Waals surface area contributed by atoms with Crippen LogP contribution in [0.25, 0.3) is 0 Å². The van der Waals surface area contributed by atoms with Crippen LogP contribution in [0.4, 0.5) is 21.0 Å². The van der Waals surface area contributed by atoms with E-state index in [9.17, 15) is 19.2 Å². The normalized spacial score (nSPS) is 19.0. The highest BCUT2D eigenvalue weighted by Crippen LogP contribution is 2.31. The van der Waals surface area contributed by atoms with E-state index in [2.05, 4.69) is 10.6 Å². The lowest BCUT2D eigenvalue weighted by Gasteiger charge is -2.44. The van der Waals surface area contributed by atoms with Crippen molar-refractivity contribution in [2.75, 3.05) is 30.5 Å². The fourth-order valence-corrected chi connectivity index (χ4v) is 5.85. The van der Waals surface area contributed by atoms with Crippen molar-refractivity contribution in [2.24, 2.45) is 0 Å². The minimum absolute atomic E-state index is 0.0589. The van der Waals surface area contributed by atoms with E-state index < -0.39 is 61.4 Å². The Labute approximate surface area is 330 Å². The highest BCUT2D eigenvalue weighted by Gasteiger charge is 2.52. The Morgan fingerprint density at radius 3 is 1.84 bits per heavy atom. The lowest BCUT2D eigenvalue weighted by molar-refractivity contribution is -0.311. The largest absolute Gasteiger partial charge is 0.462 e. The molecule has 1 fully saturated rings. The van der Waals surface area contributed by atoms with Crippen molar-refractivity contribution >= 4 is 47.1 Å². The summed E-state index contributed by atoms with van der Waals surface area (Å²) in [5.74, 6) is -1.17. The number of amides is 2. The van der Waals surface area contributed by atoms with Crippen molar-refractivity contribution in [3.05, 3.63) is 130 Å². The van der Waals surface area contributed by atoms with Gasteiger partial charge in [-0.15, -0.1) is 0 Å². The standard InChI is InChI=1S/C42H45ClN2O11/c1-5-50-39(47)30-15-19-32(20-16-30)45-42(49)56-37-36(55-35(46)23-28-11-7-26(3)8-12-28)34(25-53-41(48)44-33-21-17-31(43)18-22-33)54-40(51-6-2)38(37)52-24-29-13-9-27(4)10-14-29/h7-22,34,36-38,40H,5-6,23-25H2,1-4H3,(H,44,48)(H,45,49)/t34-,36-,37+,38-,40-/m1/s1. The van der Waals surface area contributed by atoms with E-state index >= 15 is 0 Å². The van der Waals surface area contributed by atoms with E-state index in [0.29, 0.717) is 27.5 Å². The molecule has 5 atom stereocenters. The van der Waals surface area contributed by atoms with Gasteiger partial charge < -0.3 is 33.2 Å². The van der Waals surface area contributed by atoms with Gasteiger partial charge in [0.05, 0.1) is 25.2 Å². The predicted molar refractivity (Wildman–Crippen MR) is 208 cm³/mol. The Bertz CT molecular complexity index is 1910. The molecule has 1 heterocycles. The number of hydrogen-bond acceptors (Lipinski definition) is 11. The van der Waals surface area contributed by atoms with Crippen LogP contribution < -0.4 is 10.6 Å². The Morgan fingerprint density at radius 2 is 1.23 bits per heavy atom. The van der Waals surface area contributed by atoms with Crippen molar-refractivity contribution in [1.29, 1.82) is 0 Å². The third-order valence-electron chi connectivity index (χ3n) is 8.58. The molecule has 0 spiro atoms. The number of carbonyl (C=O) groups is 4. The maximum Gasteiger partial charge on any atom is 0.412 e. The maximum atomic E-state index is 13.7. The Balaban J connectivity index is 1.44. The quantitative estimate of drug-likeness (QED) is 0.0895. The number of rotatable bonds is 15. The zero-order valence-corrected chi connectivity index (χ0v) is 32.3. The first kappa shape index (κ1) is 41.7. The van der Waals surface area contributed by atoms with E-state index in [1.165, 1.54) is 24.3 Å². The summed E-state index contributed by atoms with van der Waals surface area (Å²) in [6.07, 6.45) is -8.06. The Kier molecular flexibility index (Phi) is 15.2. The molecule has 1 aliphatic rings. The van der Waals surface area contributed by atoms with Crippen LogP contribution in [0.15, 0.2) is 97.1 Å². The molecular formula is C42H45ClN2O11. The van der Waals surface area contributed by atoms with Crippen LogP contribution in [-0.2, 0) is 51.0 Å². The molecule has 0 radical (unpaired) electrons. The van der Waals surface area contributed by atoms with Crippen molar-refractivity contribution in [3.8, 4) is 0 Å². The summed E-state index contributed by atoms with van der Waals surface area (Å²) in [6.45, 7) is 7.35. The molecule has 14 heteroatoms. The van der Waals surface area contributed by atoms with Gasteiger partial charge in [0, 0.05) is 23.0 Å². The van der Waals surface area contributed by atoms with E-state index in [-0.39, 0.29) is 26.2 Å². The molecule has 56 heavy (non-hydrogen) atoms. The molecule has 0 bridgehead atoms. The van der Waals surface area contributed by atoms with Gasteiger partial charge in [0.2, 0.25) is 0 Å². The van der Waals surface area contributed by atoms with Gasteiger partial charge in [-0.1, -0.05) is 71.3 Å². The first-order valence-electron chi connectivity index (χ1n) is 18.1. The molecule has 4 aromatic rings. The average molecular weight is 789 g/mol. The maximum absolute atomic E-state index is 13.7. The number of halogens is 1. The third kappa shape index (κ3) is 12.3. The number of hydrogen-bond donors (Lipinski definition) is 2. The molecule has 13 nitrogen and oxygen atoms in total. The lowest BCUT2D eigenvalue weighted by atomic mass is 9.98. The van der Waals surface area contributed by atoms with E-state index in [4.69, 9.17) is 44.8 Å². The van der Waals surface area contributed by atoms with Crippen LogP contribution in [0.2, 0.25) is 5.02 Å². The van der Waals surface area contributed by atoms with E-state index in [0.717, 1.165) is 16.7 Å². The minimum atomic E-state index is -1.35. The van der Waals surface area contributed by atoms with Gasteiger partial charge in [0.15, 0.2) is 18.5 Å². The summed E-state index contributed by atoms with van der Waals surface area (Å²) >= 11 is 5.98. The number of ether oxygens (including phenoxy) is 7. The molecule has 5 rings (SSSR count). The van der Waals surface area contributed by atoms with Gasteiger partial charge in [-0.05, 0) is 87.4 Å². The Hall–Kier alpha value is -5.47. The van der Waals surface area contributed by atoms with Crippen LogP contribution in [0.3, 0.4) is 0 Å². The zero-order chi connectivity index (χ0) is 40.0. The van der Waals surface area contributed by atoms with Crippen LogP contribution >= 0.6 is 11.6 Å². The fourth-order valence-electron chi connectivity index (χ4n) is 5.73. The molecule has 0 aromatic heterocycles. The average Bonchev–Trinajstić information content (AvgIpc) is 3.17. The summed E-state index contributed by atoms with van der Waals surface area (Å²) in [6, 6.07) is 27.5. The van der Waals surface area contributed by atoms with Gasteiger partial charge in [0.1, 0.15) is 18.8 Å². The summed E-state index contributed by atoms with van der Waals surface area (Å²) in [5.41, 5.74) is 4.60. The van der Waals surface area contributed by atoms with Crippen LogP contribution in [0.5, 0.6) is 0 Å². The zero-order valence-electron chi connectivity index (χ0n) is 31.5. The first-order chi connectivity index (χ1) is 27.0. The minimum Gasteiger partial charge on any atom is -0.462 e. The lowest BCUT2D eigenvalue weighted by Crippen LogP contribution is -2.63. The van der Waals surface area contributed by atoms with Crippen LogP contribution in [-0.4, -0.2) is 74.7 Å². The second kappa shape index (κ2) is 20.4. The molecule has 4 aromatic carbocycles. The van der Waals surface area contributed by atoms with Gasteiger partial charge in [-0.25, -0.2) is 14.4 Å². The van der Waals surface area contributed by atoms with Gasteiger partial charge in [0.25, 0.3) is 0 Å². The van der Waals surface area contributed by atoms with Crippen molar-refractivity contribution < 1.29 is 52.3 Å².